The van der Waals surface area contributed by atoms with Crippen LogP contribution in [0.15, 0.2) is 86.5 Å². The number of nitrogens with zero attached hydrogens (tertiary/aromatic N) is 3. The van der Waals surface area contributed by atoms with Crippen LogP contribution in [0.4, 0.5) is 0 Å². The third-order valence-corrected chi connectivity index (χ3v) is 5.67. The number of thioether (sulfide) groups is 1. The monoisotopic (exact) mass is 455 g/mol. The number of amidine groups is 1. The number of amides is 1. The highest BCUT2D eigenvalue weighted by atomic mass is 35.5. The number of hydrogen-bond donors (Lipinski definition) is 0. The molecule has 1 amide bonds. The van der Waals surface area contributed by atoms with Crippen LogP contribution < -0.4 is 0 Å². The summed E-state index contributed by atoms with van der Waals surface area (Å²) in [4.78, 5) is 15.1. The fraction of sp³-hybridized carbons (Fsp3) is 0.0455. The molecule has 1 aliphatic rings. The first-order chi connectivity index (χ1) is 14.6. The lowest BCUT2D eigenvalue weighted by Crippen LogP contribution is -2.28. The zero-order chi connectivity index (χ0) is 20.9. The van der Waals surface area contributed by atoms with E-state index >= 15 is 0 Å². The van der Waals surface area contributed by atoms with Gasteiger partial charge in [0.1, 0.15) is 5.76 Å². The van der Waals surface area contributed by atoms with E-state index in [-0.39, 0.29) is 12.5 Å². The van der Waals surface area contributed by atoms with Gasteiger partial charge in [-0.05, 0) is 65.4 Å². The number of carbonyl (C=O) groups excluding carboxylic acids is 1. The molecule has 3 aromatic rings. The third-order valence-electron chi connectivity index (χ3n) is 4.17. The van der Waals surface area contributed by atoms with E-state index in [4.69, 9.17) is 27.6 Å². The molecule has 0 saturated carbocycles. The second-order valence-electron chi connectivity index (χ2n) is 6.31. The molecule has 1 aliphatic heterocycles. The Labute approximate surface area is 187 Å². The number of hydrogen-bond acceptors (Lipinski definition) is 5. The summed E-state index contributed by atoms with van der Waals surface area (Å²) in [5.74, 6) is 0.498. The van der Waals surface area contributed by atoms with Crippen LogP contribution in [0.5, 0.6) is 0 Å². The van der Waals surface area contributed by atoms with E-state index in [1.807, 2.05) is 36.4 Å². The van der Waals surface area contributed by atoms with Gasteiger partial charge in [0, 0.05) is 10.0 Å². The Morgan fingerprint density at radius 2 is 1.63 bits per heavy atom. The molecule has 0 unspecified atom stereocenters. The van der Waals surface area contributed by atoms with Crippen molar-refractivity contribution in [2.45, 2.75) is 6.54 Å². The van der Waals surface area contributed by atoms with Crippen molar-refractivity contribution in [1.29, 1.82) is 0 Å². The molecule has 150 valence electrons. The van der Waals surface area contributed by atoms with Gasteiger partial charge in [0.2, 0.25) is 0 Å². The van der Waals surface area contributed by atoms with Crippen LogP contribution in [0.2, 0.25) is 10.0 Å². The van der Waals surface area contributed by atoms with Crippen LogP contribution in [-0.4, -0.2) is 22.2 Å². The van der Waals surface area contributed by atoms with Crippen molar-refractivity contribution >= 4 is 58.3 Å². The van der Waals surface area contributed by atoms with Crippen LogP contribution in [-0.2, 0) is 11.3 Å². The van der Waals surface area contributed by atoms with Crippen molar-refractivity contribution in [3.8, 4) is 0 Å². The van der Waals surface area contributed by atoms with Gasteiger partial charge in [0.25, 0.3) is 5.91 Å². The Morgan fingerprint density at radius 1 is 0.967 bits per heavy atom. The quantitative estimate of drug-likeness (QED) is 0.265. The van der Waals surface area contributed by atoms with E-state index in [0.29, 0.717) is 25.9 Å². The first kappa shape index (κ1) is 20.5. The van der Waals surface area contributed by atoms with Gasteiger partial charge in [-0.25, -0.2) is 0 Å². The van der Waals surface area contributed by atoms with Gasteiger partial charge >= 0.3 is 0 Å². The van der Waals surface area contributed by atoms with Gasteiger partial charge in [0.15, 0.2) is 5.17 Å². The number of halogens is 2. The first-order valence-electron chi connectivity index (χ1n) is 8.94. The van der Waals surface area contributed by atoms with Gasteiger partial charge in [-0.15, -0.1) is 5.10 Å². The molecule has 0 radical (unpaired) electrons. The third kappa shape index (κ3) is 5.02. The van der Waals surface area contributed by atoms with Crippen LogP contribution in [0.3, 0.4) is 0 Å². The molecule has 0 atom stereocenters. The van der Waals surface area contributed by atoms with Gasteiger partial charge in [-0.2, -0.15) is 5.10 Å². The van der Waals surface area contributed by atoms with Crippen molar-refractivity contribution < 1.29 is 9.21 Å². The summed E-state index contributed by atoms with van der Waals surface area (Å²) in [6, 6.07) is 18.1. The minimum absolute atomic E-state index is 0.160. The van der Waals surface area contributed by atoms with E-state index in [9.17, 15) is 4.79 Å². The van der Waals surface area contributed by atoms with Crippen molar-refractivity contribution in [3.63, 3.8) is 0 Å². The molecule has 0 N–H and O–H groups in total. The average molecular weight is 456 g/mol. The molecule has 0 spiro atoms. The van der Waals surface area contributed by atoms with E-state index in [0.717, 1.165) is 11.1 Å². The summed E-state index contributed by atoms with van der Waals surface area (Å²) in [6.45, 7) is 0.270. The summed E-state index contributed by atoms with van der Waals surface area (Å²) in [5, 5.41) is 10.2. The molecule has 1 aromatic heterocycles. The second kappa shape index (κ2) is 9.34. The lowest BCUT2D eigenvalue weighted by Gasteiger charge is -2.12. The van der Waals surface area contributed by atoms with Gasteiger partial charge in [0.05, 0.1) is 23.9 Å². The molecule has 2 aromatic carbocycles. The highest BCUT2D eigenvalue weighted by molar-refractivity contribution is 8.18. The average Bonchev–Trinajstić information content (AvgIpc) is 3.35. The standard InChI is InChI=1S/C22H15Cl2N3O2S/c23-17-7-3-15(4-8-17)12-20-21(28)27(14-19-2-1-11-29-19)22(30-20)26-25-13-16-5-9-18(24)10-6-16/h1-13H,14H2/b20-12-,25-13+,26-22-. The number of furan rings is 1. The Hall–Kier alpha value is -2.80. The number of carbonyl (C=O) groups is 1. The lowest BCUT2D eigenvalue weighted by atomic mass is 10.2. The van der Waals surface area contributed by atoms with E-state index < -0.39 is 0 Å². The maximum absolute atomic E-state index is 13.0. The first-order valence-corrected chi connectivity index (χ1v) is 10.5. The molecular weight excluding hydrogens is 441 g/mol. The topological polar surface area (TPSA) is 58.2 Å². The highest BCUT2D eigenvalue weighted by Crippen LogP contribution is 2.34. The Bertz CT molecular complexity index is 1120. The minimum Gasteiger partial charge on any atom is -0.467 e. The van der Waals surface area contributed by atoms with Crippen LogP contribution >= 0.6 is 35.0 Å². The summed E-state index contributed by atoms with van der Waals surface area (Å²) < 4.78 is 5.40. The fourth-order valence-electron chi connectivity index (χ4n) is 2.68. The van der Waals surface area contributed by atoms with Crippen LogP contribution in [0.25, 0.3) is 6.08 Å². The minimum atomic E-state index is -0.160. The SMILES string of the molecule is O=C1/C(=C/c2ccc(Cl)cc2)S/C(=N\N=C\c2ccc(Cl)cc2)N1Cc1ccco1. The predicted octanol–water partition coefficient (Wildman–Crippen LogP) is 6.09. The summed E-state index contributed by atoms with van der Waals surface area (Å²) in [5.41, 5.74) is 1.73. The zero-order valence-electron chi connectivity index (χ0n) is 15.5. The normalized spacial score (nSPS) is 17.0. The highest BCUT2D eigenvalue weighted by Gasteiger charge is 2.34. The predicted molar refractivity (Wildman–Crippen MR) is 123 cm³/mol. The largest absolute Gasteiger partial charge is 0.467 e. The Balaban J connectivity index is 1.60. The van der Waals surface area contributed by atoms with E-state index in [1.165, 1.54) is 11.8 Å². The molecule has 4 rings (SSSR count). The molecule has 1 saturated heterocycles. The smallest absolute Gasteiger partial charge is 0.267 e. The van der Waals surface area contributed by atoms with Gasteiger partial charge in [-0.3, -0.25) is 9.69 Å². The van der Waals surface area contributed by atoms with E-state index in [1.54, 1.807) is 47.7 Å². The van der Waals surface area contributed by atoms with Gasteiger partial charge in [-0.1, -0.05) is 47.5 Å². The van der Waals surface area contributed by atoms with Crippen molar-refractivity contribution in [2.24, 2.45) is 10.2 Å². The number of rotatable bonds is 5. The molecular formula is C22H15Cl2N3O2S. The summed E-state index contributed by atoms with van der Waals surface area (Å²) >= 11 is 13.1. The van der Waals surface area contributed by atoms with Crippen LogP contribution in [0.1, 0.15) is 16.9 Å². The Morgan fingerprint density at radius 3 is 2.27 bits per heavy atom. The number of benzene rings is 2. The molecule has 1 fully saturated rings. The maximum atomic E-state index is 13.0. The van der Waals surface area contributed by atoms with Crippen molar-refractivity contribution in [2.75, 3.05) is 0 Å². The zero-order valence-corrected chi connectivity index (χ0v) is 17.9. The van der Waals surface area contributed by atoms with E-state index in [2.05, 4.69) is 10.2 Å². The molecule has 8 heteroatoms. The molecule has 2 heterocycles. The molecule has 0 bridgehead atoms. The van der Waals surface area contributed by atoms with Crippen molar-refractivity contribution in [1.82, 2.24) is 4.90 Å². The maximum Gasteiger partial charge on any atom is 0.267 e. The van der Waals surface area contributed by atoms with Gasteiger partial charge < -0.3 is 4.42 Å². The fourth-order valence-corrected chi connectivity index (χ4v) is 3.87. The van der Waals surface area contributed by atoms with Crippen LogP contribution in [0, 0.1) is 0 Å². The molecule has 5 nitrogen and oxygen atoms in total. The molecule has 30 heavy (non-hydrogen) atoms. The lowest BCUT2D eigenvalue weighted by molar-refractivity contribution is -0.122. The van der Waals surface area contributed by atoms with Crippen molar-refractivity contribution in [3.05, 3.63) is 98.8 Å². The Kier molecular flexibility index (Phi) is 6.38. The second-order valence-corrected chi connectivity index (χ2v) is 8.19. The molecule has 0 aliphatic carbocycles. The summed E-state index contributed by atoms with van der Waals surface area (Å²) in [7, 11) is 0. The summed E-state index contributed by atoms with van der Waals surface area (Å²) in [6.07, 6.45) is 4.99.